The Morgan fingerprint density at radius 2 is 1.97 bits per heavy atom. The lowest BCUT2D eigenvalue weighted by Crippen LogP contribution is -2.34. The molecule has 0 radical (unpaired) electrons. The van der Waals surface area contributed by atoms with Crippen LogP contribution in [0.1, 0.15) is 33.4 Å². The first-order valence-corrected chi connectivity index (χ1v) is 11.2. The summed E-state index contributed by atoms with van der Waals surface area (Å²) in [6, 6.07) is 10.1. The van der Waals surface area contributed by atoms with Gasteiger partial charge in [-0.15, -0.1) is 11.3 Å². The van der Waals surface area contributed by atoms with E-state index < -0.39 is 0 Å². The molecule has 0 aliphatic carbocycles. The molecule has 1 amide bonds. The summed E-state index contributed by atoms with van der Waals surface area (Å²) in [7, 11) is 0. The van der Waals surface area contributed by atoms with E-state index in [1.165, 1.54) is 0 Å². The summed E-state index contributed by atoms with van der Waals surface area (Å²) >= 11 is 1.56. The lowest BCUT2D eigenvalue weighted by Gasteiger charge is -2.20. The Balaban J connectivity index is 1.23. The van der Waals surface area contributed by atoms with E-state index in [1.54, 1.807) is 11.3 Å². The van der Waals surface area contributed by atoms with Crippen LogP contribution in [0.4, 0.5) is 0 Å². The number of aryl methyl sites for hydroxylation is 2. The van der Waals surface area contributed by atoms with E-state index >= 15 is 0 Å². The summed E-state index contributed by atoms with van der Waals surface area (Å²) in [4.78, 5) is 22.6. The molecular formula is C22H23N5O3S. The van der Waals surface area contributed by atoms with Gasteiger partial charge in [0.25, 0.3) is 11.8 Å². The molecule has 0 N–H and O–H groups in total. The van der Waals surface area contributed by atoms with Crippen molar-refractivity contribution in [1.82, 2.24) is 25.1 Å². The predicted octanol–water partition coefficient (Wildman–Crippen LogP) is 3.90. The van der Waals surface area contributed by atoms with Crippen LogP contribution < -0.4 is 0 Å². The highest BCUT2D eigenvalue weighted by molar-refractivity contribution is 7.20. The van der Waals surface area contributed by atoms with Crippen LogP contribution in [0.5, 0.6) is 0 Å². The molecule has 31 heavy (non-hydrogen) atoms. The van der Waals surface area contributed by atoms with Crippen molar-refractivity contribution in [3.05, 3.63) is 52.5 Å². The average molecular weight is 438 g/mol. The van der Waals surface area contributed by atoms with Gasteiger partial charge >= 0.3 is 0 Å². The molecule has 1 aliphatic heterocycles. The molecule has 4 aromatic rings. The van der Waals surface area contributed by atoms with Crippen LogP contribution in [0.15, 0.2) is 39.4 Å². The first kappa shape index (κ1) is 19.9. The standard InChI is InChI=1S/C22H23N5O3S/c1-14-20(15(2)29-24-14)21-23-19(25-30-21)13-26-8-5-9-27(11-10-26)22(28)18-12-16-6-3-4-7-17(16)31-18/h3-4,6-7,12H,5,8-11,13H2,1-2H3. The number of rotatable bonds is 4. The molecule has 1 fully saturated rings. The van der Waals surface area contributed by atoms with E-state index in [-0.39, 0.29) is 5.91 Å². The number of hydrogen-bond acceptors (Lipinski definition) is 8. The fourth-order valence-electron chi connectivity index (χ4n) is 3.98. The normalized spacial score (nSPS) is 15.5. The van der Waals surface area contributed by atoms with Gasteiger partial charge in [0, 0.05) is 30.9 Å². The Bertz CT molecular complexity index is 1170. The number of benzene rings is 1. The first-order valence-electron chi connectivity index (χ1n) is 10.3. The second-order valence-corrected chi connectivity index (χ2v) is 8.87. The molecule has 160 valence electrons. The van der Waals surface area contributed by atoms with E-state index in [4.69, 9.17) is 9.05 Å². The molecular weight excluding hydrogens is 414 g/mol. The van der Waals surface area contributed by atoms with Crippen molar-refractivity contribution in [2.45, 2.75) is 26.8 Å². The van der Waals surface area contributed by atoms with Crippen LogP contribution in [0.25, 0.3) is 21.5 Å². The molecule has 0 bridgehead atoms. The molecule has 1 aromatic carbocycles. The van der Waals surface area contributed by atoms with Crippen LogP contribution in [0.3, 0.4) is 0 Å². The van der Waals surface area contributed by atoms with Gasteiger partial charge < -0.3 is 13.9 Å². The minimum atomic E-state index is 0.114. The van der Waals surface area contributed by atoms with Gasteiger partial charge in [0.2, 0.25) is 0 Å². The Hall–Kier alpha value is -3.04. The molecule has 0 saturated carbocycles. The fourth-order valence-corrected chi connectivity index (χ4v) is 5.01. The summed E-state index contributed by atoms with van der Waals surface area (Å²) in [5.74, 6) is 1.84. The van der Waals surface area contributed by atoms with E-state index in [9.17, 15) is 4.79 Å². The zero-order chi connectivity index (χ0) is 21.4. The highest BCUT2D eigenvalue weighted by Gasteiger charge is 2.24. The smallest absolute Gasteiger partial charge is 0.264 e. The van der Waals surface area contributed by atoms with Crippen LogP contribution in [0.2, 0.25) is 0 Å². The molecule has 0 unspecified atom stereocenters. The summed E-state index contributed by atoms with van der Waals surface area (Å²) in [6.07, 6.45) is 0.908. The lowest BCUT2D eigenvalue weighted by atomic mass is 10.2. The van der Waals surface area contributed by atoms with Gasteiger partial charge in [0.15, 0.2) is 5.82 Å². The molecule has 5 rings (SSSR count). The zero-order valence-electron chi connectivity index (χ0n) is 17.5. The monoisotopic (exact) mass is 437 g/mol. The molecule has 8 nitrogen and oxygen atoms in total. The van der Waals surface area contributed by atoms with Gasteiger partial charge in [0.1, 0.15) is 11.3 Å². The number of carbonyl (C=O) groups is 1. The summed E-state index contributed by atoms with van der Waals surface area (Å²) in [5, 5.41) is 9.20. The van der Waals surface area contributed by atoms with E-state index in [0.29, 0.717) is 30.6 Å². The van der Waals surface area contributed by atoms with Gasteiger partial charge in [-0.2, -0.15) is 4.98 Å². The number of hydrogen-bond donors (Lipinski definition) is 0. The Morgan fingerprint density at radius 1 is 1.10 bits per heavy atom. The summed E-state index contributed by atoms with van der Waals surface area (Å²) in [6.45, 7) is 7.35. The fraction of sp³-hybridized carbons (Fsp3) is 0.364. The molecule has 1 saturated heterocycles. The highest BCUT2D eigenvalue weighted by atomic mass is 32.1. The van der Waals surface area contributed by atoms with Crippen LogP contribution in [-0.4, -0.2) is 57.2 Å². The second kappa shape index (κ2) is 8.24. The van der Waals surface area contributed by atoms with Crippen molar-refractivity contribution >= 4 is 27.3 Å². The number of amides is 1. The number of carbonyl (C=O) groups excluding carboxylic acids is 1. The van der Waals surface area contributed by atoms with Crippen molar-refractivity contribution < 1.29 is 13.8 Å². The van der Waals surface area contributed by atoms with Crippen molar-refractivity contribution in [2.75, 3.05) is 26.2 Å². The van der Waals surface area contributed by atoms with Gasteiger partial charge in [-0.1, -0.05) is 28.5 Å². The number of thiophene rings is 1. The largest absolute Gasteiger partial charge is 0.361 e. The molecule has 9 heteroatoms. The van der Waals surface area contributed by atoms with E-state index in [2.05, 4.69) is 32.3 Å². The quantitative estimate of drug-likeness (QED) is 0.478. The van der Waals surface area contributed by atoms with E-state index in [1.807, 2.05) is 36.9 Å². The van der Waals surface area contributed by atoms with Crippen molar-refractivity contribution in [3.8, 4) is 11.5 Å². The lowest BCUT2D eigenvalue weighted by molar-refractivity contribution is 0.0766. The second-order valence-electron chi connectivity index (χ2n) is 7.79. The third-order valence-electron chi connectivity index (χ3n) is 5.59. The van der Waals surface area contributed by atoms with Gasteiger partial charge in [-0.3, -0.25) is 9.69 Å². The molecule has 0 spiro atoms. The van der Waals surface area contributed by atoms with Crippen molar-refractivity contribution in [1.29, 1.82) is 0 Å². The van der Waals surface area contributed by atoms with Crippen molar-refractivity contribution in [2.24, 2.45) is 0 Å². The van der Waals surface area contributed by atoms with Gasteiger partial charge in [-0.25, -0.2) is 0 Å². The highest BCUT2D eigenvalue weighted by Crippen LogP contribution is 2.27. The average Bonchev–Trinajstić information content (AvgIpc) is 3.43. The van der Waals surface area contributed by atoms with Crippen molar-refractivity contribution in [3.63, 3.8) is 0 Å². The predicted molar refractivity (Wildman–Crippen MR) is 117 cm³/mol. The Morgan fingerprint density at radius 3 is 2.77 bits per heavy atom. The minimum absolute atomic E-state index is 0.114. The molecule has 1 aliphatic rings. The number of aromatic nitrogens is 3. The van der Waals surface area contributed by atoms with Gasteiger partial charge in [-0.05, 0) is 37.8 Å². The maximum atomic E-state index is 13.0. The van der Waals surface area contributed by atoms with Crippen LogP contribution in [0, 0.1) is 13.8 Å². The Kier molecular flexibility index (Phi) is 5.29. The van der Waals surface area contributed by atoms with Crippen LogP contribution in [-0.2, 0) is 6.54 Å². The topological polar surface area (TPSA) is 88.5 Å². The number of fused-ring (bicyclic) bond motifs is 1. The minimum Gasteiger partial charge on any atom is -0.361 e. The molecule has 3 aromatic heterocycles. The maximum absolute atomic E-state index is 13.0. The first-order chi connectivity index (χ1) is 15.1. The molecule has 0 atom stereocenters. The maximum Gasteiger partial charge on any atom is 0.264 e. The SMILES string of the molecule is Cc1noc(C)c1-c1nc(CN2CCCN(C(=O)c3cc4ccccc4s3)CC2)no1. The Labute approximate surface area is 183 Å². The van der Waals surface area contributed by atoms with E-state index in [0.717, 1.165) is 52.3 Å². The third kappa shape index (κ3) is 3.98. The van der Waals surface area contributed by atoms with Gasteiger partial charge in [0.05, 0.1) is 17.1 Å². The summed E-state index contributed by atoms with van der Waals surface area (Å²) in [5.41, 5.74) is 1.49. The summed E-state index contributed by atoms with van der Waals surface area (Å²) < 4.78 is 11.8. The van der Waals surface area contributed by atoms with Crippen LogP contribution >= 0.6 is 11.3 Å². The molecule has 4 heterocycles. The number of nitrogens with zero attached hydrogens (tertiary/aromatic N) is 5. The third-order valence-corrected chi connectivity index (χ3v) is 6.70. The zero-order valence-corrected chi connectivity index (χ0v) is 18.3.